The summed E-state index contributed by atoms with van der Waals surface area (Å²) in [6.45, 7) is 2.35. The molecule has 0 aliphatic heterocycles. The van der Waals surface area contributed by atoms with Gasteiger partial charge in [0.2, 0.25) is 0 Å². The van der Waals surface area contributed by atoms with Crippen LogP contribution in [-0.2, 0) is 17.9 Å². The van der Waals surface area contributed by atoms with Crippen molar-refractivity contribution < 1.29 is 9.53 Å². The normalized spacial score (nSPS) is 11.2. The lowest BCUT2D eigenvalue weighted by Gasteiger charge is -2.07. The molecule has 184 valence electrons. The van der Waals surface area contributed by atoms with E-state index < -0.39 is 5.91 Å². The molecule has 5 aromatic rings. The third kappa shape index (κ3) is 5.82. The highest BCUT2D eigenvalue weighted by Gasteiger charge is 2.14. The highest BCUT2D eigenvalue weighted by atomic mass is 32.1. The monoisotopic (exact) mass is 508 g/mol. The van der Waals surface area contributed by atoms with Crippen LogP contribution in [0.2, 0.25) is 0 Å². The minimum absolute atomic E-state index is 0.186. The fourth-order valence-electron chi connectivity index (χ4n) is 3.78. The van der Waals surface area contributed by atoms with Gasteiger partial charge in [0.25, 0.3) is 11.5 Å². The maximum absolute atomic E-state index is 13.1. The molecule has 0 saturated carbocycles. The fraction of sp³-hybridized carbons (Fsp3) is 0.103. The molecule has 0 unspecified atom stereocenters. The lowest BCUT2D eigenvalue weighted by Crippen LogP contribution is -2.30. The van der Waals surface area contributed by atoms with E-state index in [1.54, 1.807) is 0 Å². The highest BCUT2D eigenvalue weighted by molar-refractivity contribution is 7.17. The standard InChI is InChI=1S/C29H24N4O3S/c1-20-7-9-22(10-8-20)17-36-24-13-11-21(12-14-24)15-31-32-26(34)16-33-19-30-28-27(29(33)35)25(18-37-28)23-5-3-2-4-6-23/h2-15,18-19H,16-17H2,1H3,(H,32,34)/b31-15-. The van der Waals surface area contributed by atoms with Crippen molar-refractivity contribution >= 4 is 33.7 Å². The first-order valence-corrected chi connectivity index (χ1v) is 12.6. The molecule has 0 spiro atoms. The number of thiophene rings is 1. The average Bonchev–Trinajstić information content (AvgIpc) is 3.36. The zero-order valence-electron chi connectivity index (χ0n) is 20.1. The third-order valence-corrected chi connectivity index (χ3v) is 6.65. The predicted octanol–water partition coefficient (Wildman–Crippen LogP) is 5.16. The Kier molecular flexibility index (Phi) is 7.19. The molecule has 2 heterocycles. The first-order chi connectivity index (χ1) is 18.1. The van der Waals surface area contributed by atoms with Gasteiger partial charge in [-0.2, -0.15) is 5.10 Å². The molecule has 8 heteroatoms. The van der Waals surface area contributed by atoms with E-state index in [9.17, 15) is 9.59 Å². The first-order valence-electron chi connectivity index (χ1n) is 11.7. The fourth-order valence-corrected chi connectivity index (χ4v) is 4.69. The summed E-state index contributed by atoms with van der Waals surface area (Å²) in [4.78, 5) is 30.6. The van der Waals surface area contributed by atoms with E-state index in [1.807, 2.05) is 72.1 Å². The second-order valence-corrected chi connectivity index (χ2v) is 9.37. The van der Waals surface area contributed by atoms with Gasteiger partial charge >= 0.3 is 0 Å². The van der Waals surface area contributed by atoms with Crippen LogP contribution in [0.15, 0.2) is 100 Å². The minimum Gasteiger partial charge on any atom is -0.489 e. The van der Waals surface area contributed by atoms with E-state index in [0.29, 0.717) is 16.8 Å². The lowest BCUT2D eigenvalue weighted by molar-refractivity contribution is -0.121. The van der Waals surface area contributed by atoms with Gasteiger partial charge in [0.15, 0.2) is 0 Å². The number of nitrogens with one attached hydrogen (secondary N) is 1. The summed E-state index contributed by atoms with van der Waals surface area (Å²) in [6.07, 6.45) is 2.94. The number of carbonyl (C=O) groups is 1. The van der Waals surface area contributed by atoms with Crippen molar-refractivity contribution in [1.82, 2.24) is 15.0 Å². The Morgan fingerprint density at radius 3 is 2.57 bits per heavy atom. The van der Waals surface area contributed by atoms with E-state index in [2.05, 4.69) is 34.6 Å². The maximum Gasteiger partial charge on any atom is 0.263 e. The van der Waals surface area contributed by atoms with Crippen LogP contribution in [0.25, 0.3) is 21.3 Å². The second kappa shape index (κ2) is 11.0. The molecule has 1 N–H and O–H groups in total. The largest absolute Gasteiger partial charge is 0.489 e. The van der Waals surface area contributed by atoms with Gasteiger partial charge in [-0.3, -0.25) is 14.2 Å². The van der Waals surface area contributed by atoms with Crippen LogP contribution >= 0.6 is 11.3 Å². The number of carbonyl (C=O) groups excluding carboxylic acids is 1. The molecule has 0 atom stereocenters. The Morgan fingerprint density at radius 2 is 1.81 bits per heavy atom. The number of nitrogens with zero attached hydrogens (tertiary/aromatic N) is 3. The number of fused-ring (bicyclic) bond motifs is 1. The topological polar surface area (TPSA) is 85.6 Å². The van der Waals surface area contributed by atoms with Crippen molar-refractivity contribution in [2.24, 2.45) is 5.10 Å². The van der Waals surface area contributed by atoms with Crippen molar-refractivity contribution in [2.75, 3.05) is 0 Å². The molecule has 0 aliphatic rings. The van der Waals surface area contributed by atoms with Gasteiger partial charge in [-0.1, -0.05) is 60.2 Å². The minimum atomic E-state index is -0.422. The van der Waals surface area contributed by atoms with Gasteiger partial charge < -0.3 is 4.74 Å². The Hall–Kier alpha value is -4.56. The molecule has 1 amide bonds. The highest BCUT2D eigenvalue weighted by Crippen LogP contribution is 2.30. The summed E-state index contributed by atoms with van der Waals surface area (Å²) in [5, 5.41) is 6.45. The molecule has 37 heavy (non-hydrogen) atoms. The van der Waals surface area contributed by atoms with Gasteiger partial charge in [0.05, 0.1) is 17.9 Å². The van der Waals surface area contributed by atoms with E-state index in [0.717, 1.165) is 28.0 Å². The number of ether oxygens (including phenoxy) is 1. The summed E-state index contributed by atoms with van der Waals surface area (Å²) >= 11 is 1.41. The number of rotatable bonds is 8. The van der Waals surface area contributed by atoms with E-state index in [1.165, 1.54) is 34.0 Å². The van der Waals surface area contributed by atoms with E-state index in [4.69, 9.17) is 4.74 Å². The summed E-state index contributed by atoms with van der Waals surface area (Å²) < 4.78 is 7.11. The quantitative estimate of drug-likeness (QED) is 0.232. The van der Waals surface area contributed by atoms with Crippen molar-refractivity contribution in [2.45, 2.75) is 20.1 Å². The zero-order valence-corrected chi connectivity index (χ0v) is 20.9. The van der Waals surface area contributed by atoms with Crippen molar-refractivity contribution in [3.05, 3.63) is 118 Å². The Balaban J connectivity index is 1.19. The van der Waals surface area contributed by atoms with Gasteiger partial charge in [-0.05, 0) is 47.9 Å². The molecule has 5 rings (SSSR count). The van der Waals surface area contributed by atoms with Crippen molar-refractivity contribution in [3.63, 3.8) is 0 Å². The number of hydrogen-bond acceptors (Lipinski definition) is 6. The van der Waals surface area contributed by atoms with Gasteiger partial charge in [-0.25, -0.2) is 10.4 Å². The molecule has 0 aliphatic carbocycles. The van der Waals surface area contributed by atoms with Gasteiger partial charge in [0, 0.05) is 10.9 Å². The Morgan fingerprint density at radius 1 is 1.05 bits per heavy atom. The molecule has 0 saturated heterocycles. The summed E-state index contributed by atoms with van der Waals surface area (Å²) in [6, 6.07) is 25.3. The second-order valence-electron chi connectivity index (χ2n) is 8.51. The van der Waals surface area contributed by atoms with Crippen LogP contribution < -0.4 is 15.7 Å². The van der Waals surface area contributed by atoms with Crippen LogP contribution in [0.5, 0.6) is 5.75 Å². The number of hydrazone groups is 1. The molecule has 0 fully saturated rings. The van der Waals surface area contributed by atoms with Crippen LogP contribution in [0.3, 0.4) is 0 Å². The molecule has 3 aromatic carbocycles. The summed E-state index contributed by atoms with van der Waals surface area (Å²) in [5.41, 5.74) is 7.08. The first kappa shape index (κ1) is 24.1. The average molecular weight is 509 g/mol. The van der Waals surface area contributed by atoms with Crippen LogP contribution in [0.1, 0.15) is 16.7 Å². The maximum atomic E-state index is 13.1. The molecule has 7 nitrogen and oxygen atoms in total. The number of aromatic nitrogens is 2. The van der Waals surface area contributed by atoms with Crippen LogP contribution in [-0.4, -0.2) is 21.7 Å². The molecule has 0 radical (unpaired) electrons. The van der Waals surface area contributed by atoms with Gasteiger partial charge in [0.1, 0.15) is 23.7 Å². The molecule has 2 aromatic heterocycles. The van der Waals surface area contributed by atoms with E-state index in [-0.39, 0.29) is 12.1 Å². The number of aryl methyl sites for hydroxylation is 1. The van der Waals surface area contributed by atoms with Crippen LogP contribution in [0.4, 0.5) is 0 Å². The summed E-state index contributed by atoms with van der Waals surface area (Å²) in [7, 11) is 0. The Labute approximate surface area is 217 Å². The molecule has 0 bridgehead atoms. The number of amides is 1. The van der Waals surface area contributed by atoms with E-state index >= 15 is 0 Å². The third-order valence-electron chi connectivity index (χ3n) is 5.77. The lowest BCUT2D eigenvalue weighted by atomic mass is 10.1. The van der Waals surface area contributed by atoms with Crippen molar-refractivity contribution in [1.29, 1.82) is 0 Å². The van der Waals surface area contributed by atoms with Crippen molar-refractivity contribution in [3.8, 4) is 16.9 Å². The van der Waals surface area contributed by atoms with Crippen LogP contribution in [0, 0.1) is 6.92 Å². The number of benzene rings is 3. The predicted molar refractivity (Wildman–Crippen MR) is 147 cm³/mol. The molecular formula is C29H24N4O3S. The smallest absolute Gasteiger partial charge is 0.263 e. The zero-order chi connectivity index (χ0) is 25.6. The van der Waals surface area contributed by atoms with Gasteiger partial charge in [-0.15, -0.1) is 11.3 Å². The summed E-state index contributed by atoms with van der Waals surface area (Å²) in [5.74, 6) is 0.321. The SMILES string of the molecule is Cc1ccc(COc2ccc(/C=N\NC(=O)Cn3cnc4scc(-c5ccccc5)c4c3=O)cc2)cc1. The Bertz CT molecular complexity index is 1610. The number of hydrogen-bond donors (Lipinski definition) is 1. The molecular weight excluding hydrogens is 484 g/mol.